The van der Waals surface area contributed by atoms with Gasteiger partial charge in [0.05, 0.1) is 0 Å². The maximum Gasteiger partial charge on any atom is 0.193 e. The second kappa shape index (κ2) is 5.25. The molecule has 0 N–H and O–H groups in total. The topological polar surface area (TPSA) is 17.1 Å². The van der Waals surface area contributed by atoms with Crippen LogP contribution in [-0.4, -0.2) is 5.78 Å². The molecule has 98 valence electrons. The first-order valence-corrected chi connectivity index (χ1v) is 6.77. The zero-order chi connectivity index (χ0) is 14.2. The maximum absolute atomic E-state index is 13.3. The molecule has 1 nitrogen and oxygen atoms in total. The van der Waals surface area contributed by atoms with Crippen molar-refractivity contribution in [2.24, 2.45) is 0 Å². The molecule has 0 spiro atoms. The summed E-state index contributed by atoms with van der Waals surface area (Å²) in [5, 5.41) is 0. The number of ketones is 1. The molecule has 0 radical (unpaired) electrons. The van der Waals surface area contributed by atoms with E-state index in [1.165, 1.54) is 12.1 Å². The van der Waals surface area contributed by atoms with Gasteiger partial charge in [0, 0.05) is 15.6 Å². The van der Waals surface area contributed by atoms with Gasteiger partial charge < -0.3 is 0 Å². The number of rotatable bonds is 2. The molecule has 2 rings (SSSR count). The molecule has 2 aromatic carbocycles. The Kier molecular flexibility index (Phi) is 3.85. The molecule has 0 aliphatic heterocycles. The van der Waals surface area contributed by atoms with Gasteiger partial charge in [0.15, 0.2) is 5.78 Å². The van der Waals surface area contributed by atoms with Crippen LogP contribution in [0.25, 0.3) is 0 Å². The number of carbonyl (C=O) groups is 1. The highest BCUT2D eigenvalue weighted by molar-refractivity contribution is 9.10. The molecule has 0 atom stereocenters. The van der Waals surface area contributed by atoms with Crippen LogP contribution in [-0.2, 0) is 0 Å². The number of benzene rings is 2. The van der Waals surface area contributed by atoms with Gasteiger partial charge in [-0.15, -0.1) is 0 Å². The van der Waals surface area contributed by atoms with Gasteiger partial charge in [-0.2, -0.15) is 0 Å². The van der Waals surface area contributed by atoms with Crippen molar-refractivity contribution in [1.82, 2.24) is 0 Å². The Hall–Kier alpha value is -1.48. The van der Waals surface area contributed by atoms with Crippen molar-refractivity contribution in [3.63, 3.8) is 0 Å². The molecule has 0 amide bonds. The lowest BCUT2D eigenvalue weighted by Crippen LogP contribution is -2.08. The summed E-state index contributed by atoms with van der Waals surface area (Å²) in [5.74, 6) is -0.369. The van der Waals surface area contributed by atoms with E-state index in [1.54, 1.807) is 19.9 Å². The van der Waals surface area contributed by atoms with Crippen molar-refractivity contribution in [3.8, 4) is 0 Å². The second-order valence-corrected chi connectivity index (χ2v) is 5.51. The van der Waals surface area contributed by atoms with Crippen LogP contribution < -0.4 is 0 Å². The van der Waals surface area contributed by atoms with E-state index in [0.29, 0.717) is 22.3 Å². The predicted octanol–water partition coefficient (Wildman–Crippen LogP) is 4.74. The molecule has 0 saturated carbocycles. The fourth-order valence-corrected chi connectivity index (χ4v) is 2.62. The molecule has 19 heavy (non-hydrogen) atoms. The molecule has 0 aromatic heterocycles. The average Bonchev–Trinajstić information content (AvgIpc) is 2.31. The molecule has 0 fully saturated rings. The van der Waals surface area contributed by atoms with Crippen LogP contribution in [0.4, 0.5) is 4.39 Å². The molecular weight excluding hydrogens is 307 g/mol. The molecule has 0 bridgehead atoms. The highest BCUT2D eigenvalue weighted by Crippen LogP contribution is 2.25. The zero-order valence-corrected chi connectivity index (χ0v) is 12.6. The zero-order valence-electron chi connectivity index (χ0n) is 11.1. The van der Waals surface area contributed by atoms with Crippen molar-refractivity contribution < 1.29 is 9.18 Å². The lowest BCUT2D eigenvalue weighted by molar-refractivity contribution is 0.103. The third-order valence-corrected chi connectivity index (χ3v) is 4.10. The van der Waals surface area contributed by atoms with Crippen molar-refractivity contribution in [2.75, 3.05) is 0 Å². The van der Waals surface area contributed by atoms with Crippen LogP contribution in [0.3, 0.4) is 0 Å². The minimum absolute atomic E-state index is 0.0613. The minimum Gasteiger partial charge on any atom is -0.289 e. The lowest BCUT2D eigenvalue weighted by Gasteiger charge is -2.11. The normalized spacial score (nSPS) is 10.6. The van der Waals surface area contributed by atoms with Crippen LogP contribution in [0.2, 0.25) is 0 Å². The van der Waals surface area contributed by atoms with E-state index in [4.69, 9.17) is 0 Å². The smallest absolute Gasteiger partial charge is 0.193 e. The quantitative estimate of drug-likeness (QED) is 0.730. The number of hydrogen-bond donors (Lipinski definition) is 0. The SMILES string of the molecule is Cc1cc(F)cc(C)c1C(=O)c1cccc(Br)c1C. The van der Waals surface area contributed by atoms with Gasteiger partial charge in [-0.05, 0) is 55.7 Å². The molecule has 0 aliphatic carbocycles. The summed E-state index contributed by atoms with van der Waals surface area (Å²) in [6, 6.07) is 8.32. The Morgan fingerprint density at radius 2 is 1.68 bits per heavy atom. The third kappa shape index (κ3) is 2.61. The van der Waals surface area contributed by atoms with Gasteiger partial charge in [-0.1, -0.05) is 28.1 Å². The second-order valence-electron chi connectivity index (χ2n) is 4.66. The summed E-state index contributed by atoms with van der Waals surface area (Å²) < 4.78 is 14.2. The van der Waals surface area contributed by atoms with E-state index >= 15 is 0 Å². The minimum atomic E-state index is -0.308. The fourth-order valence-electron chi connectivity index (χ4n) is 2.26. The summed E-state index contributed by atoms with van der Waals surface area (Å²) in [6.45, 7) is 5.42. The number of aryl methyl sites for hydroxylation is 2. The Bertz CT molecular complexity index is 639. The van der Waals surface area contributed by atoms with E-state index in [2.05, 4.69) is 15.9 Å². The number of carbonyl (C=O) groups excluding carboxylic acids is 1. The van der Waals surface area contributed by atoms with Crippen molar-refractivity contribution in [1.29, 1.82) is 0 Å². The van der Waals surface area contributed by atoms with Crippen LogP contribution in [0.1, 0.15) is 32.6 Å². The Balaban J connectivity index is 2.60. The van der Waals surface area contributed by atoms with E-state index < -0.39 is 0 Å². The Morgan fingerprint density at radius 1 is 1.11 bits per heavy atom. The summed E-state index contributed by atoms with van der Waals surface area (Å²) in [7, 11) is 0. The summed E-state index contributed by atoms with van der Waals surface area (Å²) in [6.07, 6.45) is 0. The molecule has 3 heteroatoms. The highest BCUT2D eigenvalue weighted by atomic mass is 79.9. The molecule has 0 saturated heterocycles. The van der Waals surface area contributed by atoms with Gasteiger partial charge in [0.1, 0.15) is 5.82 Å². The van der Waals surface area contributed by atoms with Crippen molar-refractivity contribution in [3.05, 3.63) is 68.4 Å². The van der Waals surface area contributed by atoms with Gasteiger partial charge in [0.2, 0.25) is 0 Å². The molecule has 0 unspecified atom stereocenters. The first-order chi connectivity index (χ1) is 8.91. The maximum atomic E-state index is 13.3. The van der Waals surface area contributed by atoms with Crippen molar-refractivity contribution in [2.45, 2.75) is 20.8 Å². The predicted molar refractivity (Wildman–Crippen MR) is 78.2 cm³/mol. The monoisotopic (exact) mass is 320 g/mol. The van der Waals surface area contributed by atoms with Crippen LogP contribution >= 0.6 is 15.9 Å². The lowest BCUT2D eigenvalue weighted by atomic mass is 9.93. The van der Waals surface area contributed by atoms with E-state index in [9.17, 15) is 9.18 Å². The molecular formula is C16H14BrFO. The van der Waals surface area contributed by atoms with E-state index in [0.717, 1.165) is 10.0 Å². The molecule has 2 aromatic rings. The van der Waals surface area contributed by atoms with Gasteiger partial charge >= 0.3 is 0 Å². The van der Waals surface area contributed by atoms with Crippen LogP contribution in [0, 0.1) is 26.6 Å². The summed E-state index contributed by atoms with van der Waals surface area (Å²) in [5.41, 5.74) is 3.47. The van der Waals surface area contributed by atoms with Gasteiger partial charge in [-0.25, -0.2) is 4.39 Å². The third-order valence-electron chi connectivity index (χ3n) is 3.24. The summed E-state index contributed by atoms with van der Waals surface area (Å²) in [4.78, 5) is 12.6. The first kappa shape index (κ1) is 13.9. The van der Waals surface area contributed by atoms with Crippen LogP contribution in [0.5, 0.6) is 0 Å². The molecule has 0 heterocycles. The largest absolute Gasteiger partial charge is 0.289 e. The highest BCUT2D eigenvalue weighted by Gasteiger charge is 2.18. The van der Waals surface area contributed by atoms with Gasteiger partial charge in [-0.3, -0.25) is 4.79 Å². The van der Waals surface area contributed by atoms with Crippen molar-refractivity contribution >= 4 is 21.7 Å². The number of hydrogen-bond acceptors (Lipinski definition) is 1. The average molecular weight is 321 g/mol. The number of halogens is 2. The van der Waals surface area contributed by atoms with Crippen LogP contribution in [0.15, 0.2) is 34.8 Å². The Labute approximate surface area is 120 Å². The Morgan fingerprint density at radius 3 is 2.26 bits per heavy atom. The van der Waals surface area contributed by atoms with E-state index in [-0.39, 0.29) is 11.6 Å². The van der Waals surface area contributed by atoms with E-state index in [1.807, 2.05) is 19.1 Å². The fraction of sp³-hybridized carbons (Fsp3) is 0.188. The standard InChI is InChI=1S/C16H14BrFO/c1-9-7-12(18)8-10(2)15(9)16(19)13-5-4-6-14(17)11(13)3/h4-8H,1-3H3. The molecule has 0 aliphatic rings. The van der Waals surface area contributed by atoms with Gasteiger partial charge in [0.25, 0.3) is 0 Å². The summed E-state index contributed by atoms with van der Waals surface area (Å²) >= 11 is 3.42. The first-order valence-electron chi connectivity index (χ1n) is 5.98.